The number of thioether (sulfide) groups is 1. The highest BCUT2D eigenvalue weighted by molar-refractivity contribution is 7.99. The van der Waals surface area contributed by atoms with E-state index in [-0.39, 0.29) is 17.6 Å². The van der Waals surface area contributed by atoms with Crippen LogP contribution < -0.4 is 5.32 Å². The van der Waals surface area contributed by atoms with Gasteiger partial charge < -0.3 is 5.32 Å². The number of Topliss-reactive ketones (excluding diaryl/α,β-unsaturated/α-hetero) is 1. The highest BCUT2D eigenvalue weighted by Crippen LogP contribution is 2.28. The van der Waals surface area contributed by atoms with Crippen molar-refractivity contribution in [3.05, 3.63) is 0 Å². The highest BCUT2D eigenvalue weighted by atomic mass is 32.2. The summed E-state index contributed by atoms with van der Waals surface area (Å²) in [6.07, 6.45) is 7.74. The predicted octanol–water partition coefficient (Wildman–Crippen LogP) is 1.76. The average Bonchev–Trinajstić information content (AvgIpc) is 2.25. The predicted molar refractivity (Wildman–Crippen MR) is 65.4 cm³/mol. The summed E-state index contributed by atoms with van der Waals surface area (Å²) >= 11 is 1.90. The molecule has 0 bridgehead atoms. The van der Waals surface area contributed by atoms with Crippen molar-refractivity contribution in [3.8, 4) is 0 Å². The Morgan fingerprint density at radius 2 is 2.12 bits per heavy atom. The van der Waals surface area contributed by atoms with Crippen LogP contribution in [-0.4, -0.2) is 29.2 Å². The minimum Gasteiger partial charge on any atom is -0.353 e. The first kappa shape index (κ1) is 12.0. The topological polar surface area (TPSA) is 46.2 Å². The number of amides is 1. The van der Waals surface area contributed by atoms with Gasteiger partial charge >= 0.3 is 0 Å². The second-order valence-electron chi connectivity index (χ2n) is 4.87. The molecule has 0 unspecified atom stereocenters. The Morgan fingerprint density at radius 3 is 2.75 bits per heavy atom. The number of hydrogen-bond acceptors (Lipinski definition) is 3. The lowest BCUT2D eigenvalue weighted by Crippen LogP contribution is -2.45. The van der Waals surface area contributed by atoms with E-state index < -0.39 is 0 Å². The van der Waals surface area contributed by atoms with Gasteiger partial charge in [0, 0.05) is 24.1 Å². The normalized spacial score (nSPS) is 30.9. The van der Waals surface area contributed by atoms with Crippen LogP contribution in [-0.2, 0) is 9.59 Å². The molecule has 1 N–H and O–H groups in total. The van der Waals surface area contributed by atoms with Gasteiger partial charge in [0.1, 0.15) is 5.78 Å². The van der Waals surface area contributed by atoms with Crippen LogP contribution in [0.2, 0.25) is 0 Å². The number of nitrogens with one attached hydrogen (secondary N) is 1. The van der Waals surface area contributed by atoms with Gasteiger partial charge in [0.2, 0.25) is 5.91 Å². The second-order valence-corrected chi connectivity index (χ2v) is 6.01. The summed E-state index contributed by atoms with van der Waals surface area (Å²) in [6.45, 7) is 0. The molecule has 0 saturated heterocycles. The largest absolute Gasteiger partial charge is 0.353 e. The Bertz CT molecular complexity index is 285. The fraction of sp³-hybridized carbons (Fsp3) is 0.833. The molecular formula is C12H19NO2S. The summed E-state index contributed by atoms with van der Waals surface area (Å²) in [6, 6.07) is 0.342. The van der Waals surface area contributed by atoms with Crippen molar-refractivity contribution in [1.29, 1.82) is 0 Å². The molecule has 0 aromatic rings. The smallest absolute Gasteiger partial charge is 0.224 e. The van der Waals surface area contributed by atoms with Gasteiger partial charge in [0.25, 0.3) is 0 Å². The fourth-order valence-electron chi connectivity index (χ4n) is 2.48. The van der Waals surface area contributed by atoms with E-state index in [9.17, 15) is 9.59 Å². The summed E-state index contributed by atoms with van der Waals surface area (Å²) in [5.41, 5.74) is 0. The fourth-order valence-corrected chi connectivity index (χ4v) is 3.31. The second kappa shape index (κ2) is 5.21. The van der Waals surface area contributed by atoms with Crippen LogP contribution >= 0.6 is 11.8 Å². The molecule has 2 aliphatic carbocycles. The monoisotopic (exact) mass is 241 g/mol. The van der Waals surface area contributed by atoms with Crippen LogP contribution in [0, 0.1) is 5.92 Å². The third-order valence-electron chi connectivity index (χ3n) is 3.62. The van der Waals surface area contributed by atoms with Crippen LogP contribution in [0.25, 0.3) is 0 Å². The lowest BCUT2D eigenvalue weighted by Gasteiger charge is -2.31. The number of carbonyl (C=O) groups excluding carboxylic acids is 2. The van der Waals surface area contributed by atoms with E-state index >= 15 is 0 Å². The summed E-state index contributed by atoms with van der Waals surface area (Å²) in [7, 11) is 0. The van der Waals surface area contributed by atoms with Crippen molar-refractivity contribution in [2.45, 2.75) is 49.8 Å². The molecule has 3 nitrogen and oxygen atoms in total. The average molecular weight is 241 g/mol. The maximum Gasteiger partial charge on any atom is 0.224 e. The molecule has 0 aromatic heterocycles. The molecule has 2 rings (SSSR count). The van der Waals surface area contributed by atoms with Crippen LogP contribution in [0.4, 0.5) is 0 Å². The molecule has 0 aliphatic heterocycles. The van der Waals surface area contributed by atoms with Crippen molar-refractivity contribution < 1.29 is 9.59 Å². The molecule has 2 atom stereocenters. The van der Waals surface area contributed by atoms with Crippen molar-refractivity contribution in [2.24, 2.45) is 5.92 Å². The molecular weight excluding hydrogens is 222 g/mol. The number of ketones is 1. The molecule has 2 aliphatic rings. The quantitative estimate of drug-likeness (QED) is 0.819. The third-order valence-corrected chi connectivity index (χ3v) is 4.72. The zero-order valence-corrected chi connectivity index (χ0v) is 10.5. The van der Waals surface area contributed by atoms with E-state index in [4.69, 9.17) is 0 Å². The lowest BCUT2D eigenvalue weighted by molar-refractivity contribution is -0.138. The minimum absolute atomic E-state index is 0.0258. The Morgan fingerprint density at radius 1 is 1.38 bits per heavy atom. The van der Waals surface area contributed by atoms with Gasteiger partial charge in [-0.3, -0.25) is 9.59 Å². The summed E-state index contributed by atoms with van der Waals surface area (Å²) in [5.74, 6) is 0.305. The molecule has 0 spiro atoms. The van der Waals surface area contributed by atoms with E-state index in [1.54, 1.807) is 0 Å². The summed E-state index contributed by atoms with van der Waals surface area (Å²) < 4.78 is 0. The molecule has 16 heavy (non-hydrogen) atoms. The molecule has 2 saturated carbocycles. The third kappa shape index (κ3) is 2.78. The van der Waals surface area contributed by atoms with Crippen molar-refractivity contribution >= 4 is 23.5 Å². The summed E-state index contributed by atoms with van der Waals surface area (Å²) in [4.78, 5) is 22.6. The molecule has 0 aromatic carbocycles. The molecule has 1 amide bonds. The molecule has 4 heteroatoms. The van der Waals surface area contributed by atoms with Crippen molar-refractivity contribution in [1.82, 2.24) is 5.32 Å². The first-order valence-electron chi connectivity index (χ1n) is 6.04. The van der Waals surface area contributed by atoms with Crippen molar-refractivity contribution in [3.63, 3.8) is 0 Å². The maximum absolute atomic E-state index is 11.8. The highest BCUT2D eigenvalue weighted by Gasteiger charge is 2.34. The van der Waals surface area contributed by atoms with Gasteiger partial charge in [-0.15, -0.1) is 0 Å². The first-order chi connectivity index (χ1) is 7.69. The zero-order valence-electron chi connectivity index (χ0n) is 9.70. The number of hydrogen-bond donors (Lipinski definition) is 1. The van der Waals surface area contributed by atoms with Gasteiger partial charge in [0.15, 0.2) is 0 Å². The van der Waals surface area contributed by atoms with Gasteiger partial charge in [-0.2, -0.15) is 11.8 Å². The Balaban J connectivity index is 1.76. The first-order valence-corrected chi connectivity index (χ1v) is 7.32. The maximum atomic E-state index is 11.8. The van der Waals surface area contributed by atoms with E-state index in [1.807, 2.05) is 11.8 Å². The Hall–Kier alpha value is -0.510. The Kier molecular flexibility index (Phi) is 3.90. The Labute approximate surface area is 101 Å². The van der Waals surface area contributed by atoms with Crippen LogP contribution in [0.5, 0.6) is 0 Å². The van der Waals surface area contributed by atoms with E-state index in [0.717, 1.165) is 12.8 Å². The van der Waals surface area contributed by atoms with Crippen LogP contribution in [0.1, 0.15) is 38.5 Å². The molecule has 0 radical (unpaired) electrons. The number of rotatable bonds is 3. The van der Waals surface area contributed by atoms with Crippen LogP contribution in [0.15, 0.2) is 0 Å². The lowest BCUT2D eigenvalue weighted by atomic mass is 9.83. The standard InChI is InChI=1S/C12H19NO2S/c1-16-11-4-2-3-9(7-11)13-12(15)8-5-10(14)6-8/h8-9,11H,2-7H2,1H3,(H,13,15)/t9-,11-/m0/s1. The van der Waals surface area contributed by atoms with E-state index in [1.165, 1.54) is 12.8 Å². The number of carbonyl (C=O) groups is 2. The minimum atomic E-state index is -0.0258. The summed E-state index contributed by atoms with van der Waals surface area (Å²) in [5, 5.41) is 3.80. The SMILES string of the molecule is CS[C@H]1CCC[C@H](NC(=O)C2CC(=O)C2)C1. The molecule has 0 heterocycles. The molecule has 90 valence electrons. The van der Waals surface area contributed by atoms with Crippen molar-refractivity contribution in [2.75, 3.05) is 6.26 Å². The van der Waals surface area contributed by atoms with E-state index in [2.05, 4.69) is 11.6 Å². The van der Waals surface area contributed by atoms with Gasteiger partial charge in [0.05, 0.1) is 5.92 Å². The van der Waals surface area contributed by atoms with E-state index in [0.29, 0.717) is 24.1 Å². The van der Waals surface area contributed by atoms with Gasteiger partial charge in [-0.1, -0.05) is 6.42 Å². The van der Waals surface area contributed by atoms with Crippen LogP contribution in [0.3, 0.4) is 0 Å². The van der Waals surface area contributed by atoms with Gasteiger partial charge in [-0.05, 0) is 25.5 Å². The zero-order chi connectivity index (χ0) is 11.5. The van der Waals surface area contributed by atoms with Gasteiger partial charge in [-0.25, -0.2) is 0 Å². The molecule has 2 fully saturated rings.